The molecular formula is C20H20N2O. The molecule has 0 aliphatic heterocycles. The molecule has 116 valence electrons. The minimum absolute atomic E-state index is 0.0582. The van der Waals surface area contributed by atoms with E-state index in [1.165, 1.54) is 11.1 Å². The number of para-hydroxylation sites is 1. The molecule has 1 atom stereocenters. The Bertz CT molecular complexity index is 832. The highest BCUT2D eigenvalue weighted by Gasteiger charge is 2.27. The van der Waals surface area contributed by atoms with Crippen LogP contribution in [0.4, 0.5) is 0 Å². The van der Waals surface area contributed by atoms with Gasteiger partial charge >= 0.3 is 0 Å². The molecule has 3 aromatic rings. The van der Waals surface area contributed by atoms with E-state index in [2.05, 4.69) is 29.2 Å². The van der Waals surface area contributed by atoms with Crippen molar-refractivity contribution in [3.63, 3.8) is 0 Å². The number of hydrogen-bond acceptors (Lipinski definition) is 1. The molecule has 3 nitrogen and oxygen atoms in total. The van der Waals surface area contributed by atoms with Crippen molar-refractivity contribution in [1.29, 1.82) is 0 Å². The van der Waals surface area contributed by atoms with Gasteiger partial charge in [0, 0.05) is 18.0 Å². The number of aromatic nitrogens is 1. The number of nitrogens with zero attached hydrogens (tertiary/aromatic N) is 1. The Morgan fingerprint density at radius 3 is 2.78 bits per heavy atom. The zero-order valence-electron chi connectivity index (χ0n) is 13.3. The molecule has 1 aliphatic rings. The second-order valence-corrected chi connectivity index (χ2v) is 6.29. The second kappa shape index (κ2) is 5.58. The lowest BCUT2D eigenvalue weighted by atomic mass is 9.87. The lowest BCUT2D eigenvalue weighted by molar-refractivity contribution is 0.0710. The molecule has 1 aromatic heterocycles. The van der Waals surface area contributed by atoms with Gasteiger partial charge in [-0.2, -0.15) is 0 Å². The third kappa shape index (κ3) is 2.42. The first-order valence-electron chi connectivity index (χ1n) is 8.17. The molecule has 1 aliphatic carbocycles. The Morgan fingerprint density at radius 2 is 1.91 bits per heavy atom. The number of aryl methyl sites for hydroxylation is 1. The molecular weight excluding hydrogens is 284 g/mol. The van der Waals surface area contributed by atoms with Crippen molar-refractivity contribution >= 4 is 16.8 Å². The molecule has 0 radical (unpaired) electrons. The third-order valence-corrected chi connectivity index (χ3v) is 4.89. The van der Waals surface area contributed by atoms with Gasteiger partial charge in [0.2, 0.25) is 0 Å². The third-order valence-electron chi connectivity index (χ3n) is 4.89. The molecule has 23 heavy (non-hydrogen) atoms. The van der Waals surface area contributed by atoms with Gasteiger partial charge in [-0.3, -0.25) is 4.79 Å². The van der Waals surface area contributed by atoms with Gasteiger partial charge in [0.1, 0.15) is 5.69 Å². The first-order chi connectivity index (χ1) is 11.2. The van der Waals surface area contributed by atoms with Crippen molar-refractivity contribution in [3.8, 4) is 0 Å². The van der Waals surface area contributed by atoms with Crippen LogP contribution >= 0.6 is 0 Å². The zero-order valence-corrected chi connectivity index (χ0v) is 13.3. The fourth-order valence-electron chi connectivity index (χ4n) is 3.65. The Kier molecular flexibility index (Phi) is 3.41. The fourth-order valence-corrected chi connectivity index (χ4v) is 3.65. The van der Waals surface area contributed by atoms with E-state index in [9.17, 15) is 4.79 Å². The molecule has 0 spiro atoms. The van der Waals surface area contributed by atoms with Crippen molar-refractivity contribution in [2.24, 2.45) is 0 Å². The second-order valence-electron chi connectivity index (χ2n) is 6.29. The van der Waals surface area contributed by atoms with Crippen molar-refractivity contribution in [1.82, 2.24) is 9.88 Å². The van der Waals surface area contributed by atoms with E-state index >= 15 is 0 Å². The van der Waals surface area contributed by atoms with E-state index in [0.717, 1.165) is 30.2 Å². The summed E-state index contributed by atoms with van der Waals surface area (Å²) in [6.07, 6.45) is 3.27. The summed E-state index contributed by atoms with van der Waals surface area (Å²) in [5.74, 6) is 0.0582. The molecule has 0 unspecified atom stereocenters. The molecule has 2 aromatic carbocycles. The average molecular weight is 304 g/mol. The summed E-state index contributed by atoms with van der Waals surface area (Å²) in [6.45, 7) is 0. The predicted molar refractivity (Wildman–Crippen MR) is 92.5 cm³/mol. The molecule has 1 amide bonds. The van der Waals surface area contributed by atoms with Crippen molar-refractivity contribution < 1.29 is 4.79 Å². The van der Waals surface area contributed by atoms with Crippen molar-refractivity contribution in [3.05, 3.63) is 71.4 Å². The lowest BCUT2D eigenvalue weighted by Crippen LogP contribution is -2.33. The number of carbonyl (C=O) groups is 1. The van der Waals surface area contributed by atoms with E-state index in [1.54, 1.807) is 0 Å². The van der Waals surface area contributed by atoms with Gasteiger partial charge in [-0.1, -0.05) is 42.5 Å². The minimum atomic E-state index is 0.0582. The Balaban J connectivity index is 1.66. The SMILES string of the molecule is CN(C(=O)c1cc2ccccc2[nH]1)[C@@H]1CCCc2ccccc21. The number of fused-ring (bicyclic) bond motifs is 2. The summed E-state index contributed by atoms with van der Waals surface area (Å²) in [4.78, 5) is 18.1. The smallest absolute Gasteiger partial charge is 0.270 e. The number of hydrogen-bond donors (Lipinski definition) is 1. The number of amides is 1. The largest absolute Gasteiger partial charge is 0.351 e. The summed E-state index contributed by atoms with van der Waals surface area (Å²) < 4.78 is 0. The van der Waals surface area contributed by atoms with Gasteiger partial charge < -0.3 is 9.88 Å². The van der Waals surface area contributed by atoms with Crippen LogP contribution in [-0.2, 0) is 6.42 Å². The summed E-state index contributed by atoms with van der Waals surface area (Å²) >= 11 is 0. The van der Waals surface area contributed by atoms with Gasteiger partial charge in [-0.15, -0.1) is 0 Å². The first kappa shape index (κ1) is 14.1. The average Bonchev–Trinajstić information content (AvgIpc) is 3.04. The molecule has 1 N–H and O–H groups in total. The van der Waals surface area contributed by atoms with Crippen LogP contribution in [0.15, 0.2) is 54.6 Å². The van der Waals surface area contributed by atoms with E-state index in [4.69, 9.17) is 0 Å². The highest BCUT2D eigenvalue weighted by molar-refractivity contribution is 5.98. The van der Waals surface area contributed by atoms with Crippen LogP contribution < -0.4 is 0 Å². The number of carbonyl (C=O) groups excluding carboxylic acids is 1. The molecule has 3 heteroatoms. The monoisotopic (exact) mass is 304 g/mol. The zero-order chi connectivity index (χ0) is 15.8. The van der Waals surface area contributed by atoms with Gasteiger partial charge in [-0.05, 0) is 42.5 Å². The lowest BCUT2D eigenvalue weighted by Gasteiger charge is -2.33. The fraction of sp³-hybridized carbons (Fsp3) is 0.250. The van der Waals surface area contributed by atoms with Crippen molar-refractivity contribution in [2.45, 2.75) is 25.3 Å². The van der Waals surface area contributed by atoms with Gasteiger partial charge in [0.15, 0.2) is 0 Å². The highest BCUT2D eigenvalue weighted by Crippen LogP contribution is 2.34. The number of H-pyrrole nitrogens is 1. The summed E-state index contributed by atoms with van der Waals surface area (Å²) in [7, 11) is 1.92. The van der Waals surface area contributed by atoms with Crippen LogP contribution in [0.25, 0.3) is 10.9 Å². The number of nitrogens with one attached hydrogen (secondary N) is 1. The molecule has 0 saturated heterocycles. The number of rotatable bonds is 2. The summed E-state index contributed by atoms with van der Waals surface area (Å²) in [5.41, 5.74) is 4.34. The van der Waals surface area contributed by atoms with E-state index in [1.807, 2.05) is 42.3 Å². The van der Waals surface area contributed by atoms with Crippen LogP contribution in [0.1, 0.15) is 40.5 Å². The van der Waals surface area contributed by atoms with Crippen LogP contribution in [0, 0.1) is 0 Å². The van der Waals surface area contributed by atoms with Crippen LogP contribution in [-0.4, -0.2) is 22.8 Å². The van der Waals surface area contributed by atoms with Crippen LogP contribution in [0.3, 0.4) is 0 Å². The van der Waals surface area contributed by atoms with Crippen molar-refractivity contribution in [2.75, 3.05) is 7.05 Å². The standard InChI is InChI=1S/C20H20N2O/c1-22(19-12-6-9-14-7-2-4-10-16(14)19)20(23)18-13-15-8-3-5-11-17(15)21-18/h2-5,7-8,10-11,13,19,21H,6,9,12H2,1H3/t19-/m1/s1. The number of aromatic amines is 1. The van der Waals surface area contributed by atoms with Crippen LogP contribution in [0.5, 0.6) is 0 Å². The van der Waals surface area contributed by atoms with Gasteiger partial charge in [0.05, 0.1) is 6.04 Å². The maximum atomic E-state index is 12.9. The van der Waals surface area contributed by atoms with E-state index in [0.29, 0.717) is 5.69 Å². The van der Waals surface area contributed by atoms with Gasteiger partial charge in [0.25, 0.3) is 5.91 Å². The molecule has 0 bridgehead atoms. The molecule has 4 rings (SSSR count). The highest BCUT2D eigenvalue weighted by atomic mass is 16.2. The Morgan fingerprint density at radius 1 is 1.13 bits per heavy atom. The Hall–Kier alpha value is -2.55. The van der Waals surface area contributed by atoms with E-state index < -0.39 is 0 Å². The quantitative estimate of drug-likeness (QED) is 0.752. The van der Waals surface area contributed by atoms with E-state index in [-0.39, 0.29) is 11.9 Å². The maximum absolute atomic E-state index is 12.9. The molecule has 1 heterocycles. The van der Waals surface area contributed by atoms with Crippen LogP contribution in [0.2, 0.25) is 0 Å². The summed E-state index contributed by atoms with van der Waals surface area (Å²) in [6, 6.07) is 18.6. The molecule has 0 fully saturated rings. The summed E-state index contributed by atoms with van der Waals surface area (Å²) in [5, 5.41) is 1.08. The maximum Gasteiger partial charge on any atom is 0.270 e. The first-order valence-corrected chi connectivity index (χ1v) is 8.17. The Labute approximate surface area is 135 Å². The van der Waals surface area contributed by atoms with Gasteiger partial charge in [-0.25, -0.2) is 0 Å². The number of benzene rings is 2. The molecule has 0 saturated carbocycles. The minimum Gasteiger partial charge on any atom is -0.351 e. The predicted octanol–water partition coefficient (Wildman–Crippen LogP) is 4.32. The normalized spacial score (nSPS) is 17.0. The topological polar surface area (TPSA) is 36.1 Å².